The molecule has 8 nitrogen and oxygen atoms in total. The number of rotatable bonds is 5. The van der Waals surface area contributed by atoms with Crippen LogP contribution in [-0.4, -0.2) is 34.9 Å². The molecule has 4 rings (SSSR count). The number of nitrogens with one attached hydrogen (secondary N) is 1. The molecule has 0 aliphatic carbocycles. The maximum atomic E-state index is 11.7. The number of hydrogen-bond acceptors (Lipinski definition) is 7. The number of carbonyl (C=O) groups is 1. The SMILES string of the molecule is Cc1nc2ncccn2c1-c1ccnc(Nc2ccc(C(=O)OCI)cc2)n1. The number of carbonyl (C=O) groups excluding carboxylic acids is 1. The predicted octanol–water partition coefficient (Wildman–Crippen LogP) is 3.79. The zero-order valence-corrected chi connectivity index (χ0v) is 17.0. The normalized spacial score (nSPS) is 10.8. The Bertz CT molecular complexity index is 1140. The molecule has 0 bridgehead atoms. The minimum absolute atomic E-state index is 0.315. The summed E-state index contributed by atoms with van der Waals surface area (Å²) in [6, 6.07) is 10.6. The van der Waals surface area contributed by atoms with Gasteiger partial charge in [0.1, 0.15) is 4.61 Å². The summed E-state index contributed by atoms with van der Waals surface area (Å²) < 4.78 is 7.19. The van der Waals surface area contributed by atoms with Crippen molar-refractivity contribution in [3.05, 3.63) is 66.2 Å². The second-order valence-corrected chi connectivity index (χ2v) is 6.47. The van der Waals surface area contributed by atoms with Crippen LogP contribution in [0.25, 0.3) is 17.2 Å². The average Bonchev–Trinajstić information content (AvgIpc) is 3.04. The van der Waals surface area contributed by atoms with Gasteiger partial charge in [0.05, 0.1) is 22.6 Å². The molecular weight excluding hydrogens is 471 g/mol. The number of ether oxygens (including phenoxy) is 1. The van der Waals surface area contributed by atoms with E-state index in [1.165, 1.54) is 0 Å². The van der Waals surface area contributed by atoms with Gasteiger partial charge in [-0.2, -0.15) is 0 Å². The molecule has 0 unspecified atom stereocenters. The summed E-state index contributed by atoms with van der Waals surface area (Å²) in [5, 5.41) is 3.15. The fraction of sp³-hybridized carbons (Fsp3) is 0.105. The Hall–Kier alpha value is -3.08. The van der Waals surface area contributed by atoms with Gasteiger partial charge in [-0.15, -0.1) is 0 Å². The van der Waals surface area contributed by atoms with Gasteiger partial charge in [0, 0.05) is 24.3 Å². The molecule has 0 saturated heterocycles. The first-order valence-electron chi connectivity index (χ1n) is 8.39. The number of halogens is 1. The molecule has 3 heterocycles. The smallest absolute Gasteiger partial charge is 0.338 e. The summed E-state index contributed by atoms with van der Waals surface area (Å²) in [6.45, 7) is 1.92. The van der Waals surface area contributed by atoms with Crippen LogP contribution >= 0.6 is 22.6 Å². The highest BCUT2D eigenvalue weighted by molar-refractivity contribution is 14.1. The number of hydrogen-bond donors (Lipinski definition) is 1. The Kier molecular flexibility index (Phi) is 5.15. The summed E-state index contributed by atoms with van der Waals surface area (Å²) in [6.07, 6.45) is 5.30. The van der Waals surface area contributed by atoms with E-state index in [2.05, 4.69) is 25.3 Å². The fourth-order valence-electron chi connectivity index (χ4n) is 2.81. The van der Waals surface area contributed by atoms with E-state index < -0.39 is 0 Å². The van der Waals surface area contributed by atoms with Gasteiger partial charge in [-0.25, -0.2) is 24.7 Å². The molecule has 0 atom stereocenters. The van der Waals surface area contributed by atoms with Crippen LogP contribution in [-0.2, 0) is 4.74 Å². The van der Waals surface area contributed by atoms with E-state index in [1.54, 1.807) is 36.7 Å². The van der Waals surface area contributed by atoms with E-state index in [4.69, 9.17) is 4.74 Å². The standard InChI is InChI=1S/C19H15IN6O2/c1-12-16(26-10-2-8-22-19(26)23-12)15-7-9-21-18(25-15)24-14-5-3-13(4-6-14)17(27)28-11-20/h2-10H,11H2,1H3,(H,21,24,25). The van der Waals surface area contributed by atoms with Crippen LogP contribution in [0, 0.1) is 6.92 Å². The summed E-state index contributed by atoms with van der Waals surface area (Å²) >= 11 is 1.98. The van der Waals surface area contributed by atoms with E-state index in [-0.39, 0.29) is 5.97 Å². The summed E-state index contributed by atoms with van der Waals surface area (Å²) in [5.41, 5.74) is 3.69. The molecule has 0 aliphatic heterocycles. The van der Waals surface area contributed by atoms with Gasteiger partial charge in [-0.1, -0.05) is 0 Å². The van der Waals surface area contributed by atoms with Crippen molar-refractivity contribution in [1.29, 1.82) is 0 Å². The van der Waals surface area contributed by atoms with Crippen molar-refractivity contribution in [2.75, 3.05) is 9.93 Å². The Morgan fingerprint density at radius 3 is 2.75 bits per heavy atom. The maximum absolute atomic E-state index is 11.7. The van der Waals surface area contributed by atoms with E-state index in [0.29, 0.717) is 21.9 Å². The molecule has 0 spiro atoms. The van der Waals surface area contributed by atoms with Crippen LogP contribution < -0.4 is 5.32 Å². The molecule has 1 aromatic carbocycles. The van der Waals surface area contributed by atoms with Crippen LogP contribution in [0.1, 0.15) is 16.1 Å². The van der Waals surface area contributed by atoms with E-state index in [1.807, 2.05) is 52.2 Å². The van der Waals surface area contributed by atoms with Crippen LogP contribution in [0.2, 0.25) is 0 Å². The van der Waals surface area contributed by atoms with Gasteiger partial charge < -0.3 is 10.1 Å². The highest BCUT2D eigenvalue weighted by Crippen LogP contribution is 2.23. The van der Waals surface area contributed by atoms with Crippen molar-refractivity contribution in [3.8, 4) is 11.4 Å². The number of imidazole rings is 1. The van der Waals surface area contributed by atoms with E-state index in [0.717, 1.165) is 22.8 Å². The first kappa shape index (κ1) is 18.3. The molecule has 0 aliphatic rings. The molecule has 0 amide bonds. The van der Waals surface area contributed by atoms with Crippen molar-refractivity contribution >= 4 is 46.0 Å². The molecule has 0 fully saturated rings. The largest absolute Gasteiger partial charge is 0.451 e. The molecule has 1 N–H and O–H groups in total. The molecule has 0 radical (unpaired) electrons. The van der Waals surface area contributed by atoms with E-state index in [9.17, 15) is 4.79 Å². The van der Waals surface area contributed by atoms with E-state index >= 15 is 0 Å². The van der Waals surface area contributed by atoms with Crippen molar-refractivity contribution in [1.82, 2.24) is 24.3 Å². The Morgan fingerprint density at radius 2 is 1.96 bits per heavy atom. The Morgan fingerprint density at radius 1 is 1.14 bits per heavy atom. The molecule has 3 aromatic heterocycles. The second kappa shape index (κ2) is 7.89. The first-order chi connectivity index (χ1) is 13.7. The second-order valence-electron chi connectivity index (χ2n) is 5.84. The predicted molar refractivity (Wildman–Crippen MR) is 113 cm³/mol. The lowest BCUT2D eigenvalue weighted by Gasteiger charge is -2.08. The third kappa shape index (κ3) is 3.65. The lowest BCUT2D eigenvalue weighted by molar-refractivity contribution is 0.0590. The summed E-state index contributed by atoms with van der Waals surface area (Å²) in [4.78, 5) is 29.4. The lowest BCUT2D eigenvalue weighted by atomic mass is 10.2. The Balaban J connectivity index is 1.61. The molecule has 4 aromatic rings. The Labute approximate surface area is 174 Å². The monoisotopic (exact) mass is 486 g/mol. The van der Waals surface area contributed by atoms with Crippen molar-refractivity contribution in [2.45, 2.75) is 6.92 Å². The zero-order chi connectivity index (χ0) is 19.5. The van der Waals surface area contributed by atoms with Gasteiger partial charge in [-0.05, 0) is 65.9 Å². The van der Waals surface area contributed by atoms with Gasteiger partial charge in [0.2, 0.25) is 11.7 Å². The first-order valence-corrected chi connectivity index (χ1v) is 9.91. The minimum atomic E-state index is -0.351. The lowest BCUT2D eigenvalue weighted by Crippen LogP contribution is -2.04. The summed E-state index contributed by atoms with van der Waals surface area (Å²) in [7, 11) is 0. The van der Waals surface area contributed by atoms with Crippen LogP contribution in [0.3, 0.4) is 0 Å². The molecule has 140 valence electrons. The third-order valence-electron chi connectivity index (χ3n) is 4.04. The summed E-state index contributed by atoms with van der Waals surface area (Å²) in [5.74, 6) is 0.714. The molecule has 0 saturated carbocycles. The van der Waals surface area contributed by atoms with Crippen molar-refractivity contribution in [2.24, 2.45) is 0 Å². The number of aromatic nitrogens is 5. The van der Waals surface area contributed by atoms with Gasteiger partial charge in [0.15, 0.2) is 0 Å². The maximum Gasteiger partial charge on any atom is 0.338 e. The third-order valence-corrected chi connectivity index (χ3v) is 4.35. The zero-order valence-electron chi connectivity index (χ0n) is 14.8. The number of benzene rings is 1. The van der Waals surface area contributed by atoms with Gasteiger partial charge >= 0.3 is 5.97 Å². The van der Waals surface area contributed by atoms with Crippen LogP contribution in [0.15, 0.2) is 55.0 Å². The topological polar surface area (TPSA) is 94.3 Å². The van der Waals surface area contributed by atoms with Gasteiger partial charge in [-0.3, -0.25) is 4.40 Å². The highest BCUT2D eigenvalue weighted by atomic mass is 127. The molecular formula is C19H15IN6O2. The quantitative estimate of drug-likeness (QED) is 0.261. The van der Waals surface area contributed by atoms with Crippen molar-refractivity contribution < 1.29 is 9.53 Å². The number of anilines is 2. The number of alkyl halides is 1. The number of fused-ring (bicyclic) bond motifs is 1. The fourth-order valence-corrected chi connectivity index (χ4v) is 3.09. The van der Waals surface area contributed by atoms with Gasteiger partial charge in [0.25, 0.3) is 0 Å². The highest BCUT2D eigenvalue weighted by Gasteiger charge is 2.13. The minimum Gasteiger partial charge on any atom is -0.451 e. The average molecular weight is 486 g/mol. The number of aryl methyl sites for hydroxylation is 1. The molecule has 28 heavy (non-hydrogen) atoms. The number of nitrogens with zero attached hydrogens (tertiary/aromatic N) is 5. The number of esters is 1. The van der Waals surface area contributed by atoms with Crippen molar-refractivity contribution in [3.63, 3.8) is 0 Å². The molecule has 9 heteroatoms. The van der Waals surface area contributed by atoms with Crippen LogP contribution in [0.4, 0.5) is 11.6 Å². The van der Waals surface area contributed by atoms with Crippen LogP contribution in [0.5, 0.6) is 0 Å².